The van der Waals surface area contributed by atoms with Crippen LogP contribution in [0.25, 0.3) is 17.3 Å². The third-order valence-electron chi connectivity index (χ3n) is 4.48. The Morgan fingerprint density at radius 3 is 2.55 bits per heavy atom. The molecule has 3 heterocycles. The fourth-order valence-corrected chi connectivity index (χ4v) is 4.07. The number of aromatic nitrogens is 3. The summed E-state index contributed by atoms with van der Waals surface area (Å²) >= 11 is 1.48. The van der Waals surface area contributed by atoms with Crippen LogP contribution >= 0.6 is 11.8 Å². The van der Waals surface area contributed by atoms with E-state index in [4.69, 9.17) is 13.9 Å². The van der Waals surface area contributed by atoms with E-state index in [2.05, 4.69) is 21.0 Å². The van der Waals surface area contributed by atoms with Crippen LogP contribution in [0.2, 0.25) is 0 Å². The quantitative estimate of drug-likeness (QED) is 0.567. The van der Waals surface area contributed by atoms with Gasteiger partial charge in [-0.3, -0.25) is 14.8 Å². The van der Waals surface area contributed by atoms with E-state index in [9.17, 15) is 4.79 Å². The summed E-state index contributed by atoms with van der Waals surface area (Å²) in [5, 5.41) is 9.39. The molecular formula is C19H21N5O4S. The normalized spacial score (nSPS) is 16.1. The molecule has 4 rings (SSSR count). The molecule has 3 aromatic rings. The van der Waals surface area contributed by atoms with Gasteiger partial charge in [0.15, 0.2) is 10.9 Å². The van der Waals surface area contributed by atoms with Gasteiger partial charge in [-0.15, -0.1) is 10.2 Å². The molecule has 1 fully saturated rings. The van der Waals surface area contributed by atoms with Crippen LogP contribution in [-0.4, -0.2) is 46.7 Å². The number of hydrogen-bond acceptors (Lipinski definition) is 8. The summed E-state index contributed by atoms with van der Waals surface area (Å²) in [4.78, 5) is 11.5. The zero-order valence-electron chi connectivity index (χ0n) is 16.3. The number of methoxy groups -OCH3 is 2. The van der Waals surface area contributed by atoms with Crippen molar-refractivity contribution < 1.29 is 18.7 Å². The third-order valence-corrected chi connectivity index (χ3v) is 5.57. The van der Waals surface area contributed by atoms with Crippen molar-refractivity contribution in [1.29, 1.82) is 0 Å². The minimum absolute atomic E-state index is 0.00604. The number of hydrogen-bond donors (Lipinski definition) is 2. The smallest absolute Gasteiger partial charge is 0.235 e. The summed E-state index contributed by atoms with van der Waals surface area (Å²) < 4.78 is 18.9. The maximum atomic E-state index is 11.5. The number of ether oxygens (including phenoxy) is 2. The van der Waals surface area contributed by atoms with Crippen molar-refractivity contribution in [3.05, 3.63) is 36.1 Å². The molecule has 0 radical (unpaired) electrons. The van der Waals surface area contributed by atoms with E-state index in [1.54, 1.807) is 14.2 Å². The molecule has 1 saturated heterocycles. The third kappa shape index (κ3) is 3.81. The number of rotatable bonds is 7. The second kappa shape index (κ2) is 8.18. The predicted molar refractivity (Wildman–Crippen MR) is 107 cm³/mol. The van der Waals surface area contributed by atoms with Gasteiger partial charge in [0.2, 0.25) is 11.7 Å². The molecule has 1 atom stereocenters. The number of aryl methyl sites for hydroxylation is 1. The second-order valence-corrected chi connectivity index (χ2v) is 7.45. The van der Waals surface area contributed by atoms with E-state index < -0.39 is 0 Å². The molecule has 10 heteroatoms. The van der Waals surface area contributed by atoms with E-state index in [1.165, 1.54) is 11.8 Å². The monoisotopic (exact) mass is 415 g/mol. The first-order chi connectivity index (χ1) is 14.1. The van der Waals surface area contributed by atoms with Crippen molar-refractivity contribution in [1.82, 2.24) is 25.6 Å². The minimum Gasteiger partial charge on any atom is -0.494 e. The molecule has 0 saturated carbocycles. The number of carbonyl (C=O) groups is 1. The summed E-state index contributed by atoms with van der Waals surface area (Å²) in [5.74, 6) is 3.75. The van der Waals surface area contributed by atoms with Crippen LogP contribution in [0.1, 0.15) is 12.2 Å². The summed E-state index contributed by atoms with van der Waals surface area (Å²) in [6, 6.07) is 9.30. The fourth-order valence-electron chi connectivity index (χ4n) is 3.12. The number of thioether (sulfide) groups is 1. The lowest BCUT2D eigenvalue weighted by atomic mass is 10.2. The second-order valence-electron chi connectivity index (χ2n) is 6.47. The summed E-state index contributed by atoms with van der Waals surface area (Å²) in [5.41, 5.74) is 6.28. The van der Waals surface area contributed by atoms with E-state index in [0.29, 0.717) is 46.1 Å². The molecule has 2 aromatic heterocycles. The van der Waals surface area contributed by atoms with Gasteiger partial charge in [0.05, 0.1) is 14.2 Å². The summed E-state index contributed by atoms with van der Waals surface area (Å²) in [6.07, 6.45) is 0.420. The maximum Gasteiger partial charge on any atom is 0.235 e. The van der Waals surface area contributed by atoms with Crippen LogP contribution in [-0.2, 0) is 4.79 Å². The Balaban J connectivity index is 1.79. The van der Waals surface area contributed by atoms with Gasteiger partial charge < -0.3 is 13.9 Å². The van der Waals surface area contributed by atoms with Gasteiger partial charge in [0.25, 0.3) is 0 Å². The lowest BCUT2D eigenvalue weighted by molar-refractivity contribution is -0.119. The van der Waals surface area contributed by atoms with E-state index in [0.717, 1.165) is 5.76 Å². The molecule has 2 N–H and O–H groups in total. The average molecular weight is 415 g/mol. The average Bonchev–Trinajstić information content (AvgIpc) is 3.45. The number of benzene rings is 1. The molecule has 1 aromatic carbocycles. The Labute approximate surface area is 171 Å². The number of amides is 1. The first-order valence-corrected chi connectivity index (χ1v) is 10.00. The first kappa shape index (κ1) is 19.3. The fraction of sp³-hybridized carbons (Fsp3) is 0.316. The molecule has 29 heavy (non-hydrogen) atoms. The molecule has 1 amide bonds. The number of nitrogens with one attached hydrogen (secondary N) is 2. The molecule has 0 bridgehead atoms. The zero-order valence-corrected chi connectivity index (χ0v) is 17.1. The Bertz CT molecular complexity index is 1010. The van der Waals surface area contributed by atoms with E-state index in [-0.39, 0.29) is 11.9 Å². The number of carbonyl (C=O) groups excluding carboxylic acids is 1. The summed E-state index contributed by atoms with van der Waals surface area (Å²) in [6.45, 7) is 1.87. The van der Waals surface area contributed by atoms with Gasteiger partial charge in [-0.25, -0.2) is 5.43 Å². The molecule has 9 nitrogen and oxygen atoms in total. The molecule has 0 aliphatic carbocycles. The Morgan fingerprint density at radius 1 is 1.21 bits per heavy atom. The van der Waals surface area contributed by atoms with Crippen LogP contribution in [0, 0.1) is 6.92 Å². The van der Waals surface area contributed by atoms with Crippen LogP contribution < -0.4 is 20.3 Å². The highest BCUT2D eigenvalue weighted by molar-refractivity contribution is 7.99. The Kier molecular flexibility index (Phi) is 5.45. The van der Waals surface area contributed by atoms with Crippen molar-refractivity contribution in [3.63, 3.8) is 0 Å². The standard InChI is InChI=1S/C19H21N5O4S/c1-11-7-8-15(28-11)18-22-23-19(29-10-12-9-16(25)21-20-12)24(18)17-13(26-2)5-4-6-14(17)27-3/h4-8,12,20H,9-10H2,1-3H3,(H,21,25). The number of hydrazine groups is 1. The Hall–Kier alpha value is -2.98. The first-order valence-electron chi connectivity index (χ1n) is 9.01. The highest BCUT2D eigenvalue weighted by atomic mass is 32.2. The van der Waals surface area contributed by atoms with Crippen molar-refractivity contribution in [2.24, 2.45) is 0 Å². The van der Waals surface area contributed by atoms with Gasteiger partial charge in [-0.05, 0) is 31.2 Å². The Morgan fingerprint density at radius 2 is 1.97 bits per heavy atom. The molecule has 1 aliphatic heterocycles. The summed E-state index contributed by atoms with van der Waals surface area (Å²) in [7, 11) is 3.21. The number of para-hydroxylation sites is 1. The molecule has 152 valence electrons. The predicted octanol–water partition coefficient (Wildman–Crippen LogP) is 2.34. The molecular weight excluding hydrogens is 394 g/mol. The van der Waals surface area contributed by atoms with Gasteiger partial charge in [-0.1, -0.05) is 17.8 Å². The van der Waals surface area contributed by atoms with E-state index >= 15 is 0 Å². The number of furan rings is 1. The maximum absolute atomic E-state index is 11.5. The highest BCUT2D eigenvalue weighted by Gasteiger charge is 2.26. The van der Waals surface area contributed by atoms with Crippen molar-refractivity contribution in [2.45, 2.75) is 24.5 Å². The highest BCUT2D eigenvalue weighted by Crippen LogP contribution is 2.38. The minimum atomic E-state index is -0.0183. The van der Waals surface area contributed by atoms with Crippen molar-refractivity contribution >= 4 is 17.7 Å². The van der Waals surface area contributed by atoms with Gasteiger partial charge in [-0.2, -0.15) is 0 Å². The van der Waals surface area contributed by atoms with Gasteiger partial charge >= 0.3 is 0 Å². The largest absolute Gasteiger partial charge is 0.494 e. The van der Waals surface area contributed by atoms with Crippen molar-refractivity contribution in [3.8, 4) is 28.8 Å². The van der Waals surface area contributed by atoms with Gasteiger partial charge in [0.1, 0.15) is 22.9 Å². The van der Waals surface area contributed by atoms with Crippen LogP contribution in [0.3, 0.4) is 0 Å². The molecule has 0 spiro atoms. The van der Waals surface area contributed by atoms with Crippen LogP contribution in [0.5, 0.6) is 11.5 Å². The SMILES string of the molecule is COc1cccc(OC)c1-n1c(SCC2CC(=O)NN2)nnc1-c1ccc(C)o1. The number of nitrogens with zero attached hydrogens (tertiary/aromatic N) is 3. The van der Waals surface area contributed by atoms with Gasteiger partial charge in [0, 0.05) is 18.2 Å². The lowest BCUT2D eigenvalue weighted by Gasteiger charge is -2.17. The van der Waals surface area contributed by atoms with Crippen LogP contribution in [0.15, 0.2) is 39.9 Å². The topological polar surface area (TPSA) is 103 Å². The van der Waals surface area contributed by atoms with E-state index in [1.807, 2.05) is 41.8 Å². The lowest BCUT2D eigenvalue weighted by Crippen LogP contribution is -2.32. The zero-order chi connectivity index (χ0) is 20.4. The van der Waals surface area contributed by atoms with Crippen molar-refractivity contribution in [2.75, 3.05) is 20.0 Å². The van der Waals surface area contributed by atoms with Crippen LogP contribution in [0.4, 0.5) is 0 Å². The molecule has 1 aliphatic rings. The molecule has 1 unspecified atom stereocenters.